The normalized spacial score (nSPS) is 11.7. The van der Waals surface area contributed by atoms with Crippen molar-refractivity contribution in [2.75, 3.05) is 0 Å². The average Bonchev–Trinajstić information content (AvgIpc) is 2.91. The summed E-state index contributed by atoms with van der Waals surface area (Å²) >= 11 is 0. The first kappa shape index (κ1) is 35.8. The van der Waals surface area contributed by atoms with Crippen molar-refractivity contribution in [2.24, 2.45) is 15.7 Å². The molecule has 10 heteroatoms. The molecule has 1 atom stereocenters. The largest absolute Gasteiger partial charge is 0.425 e. The van der Waals surface area contributed by atoms with Crippen molar-refractivity contribution >= 4 is 23.8 Å². The summed E-state index contributed by atoms with van der Waals surface area (Å²) in [5.74, 6) is -0.341. The molecule has 0 amide bonds. The lowest BCUT2D eigenvalue weighted by Gasteiger charge is -2.05. The standard InChI is InChI=1S/C20H36N2O2.C9H10N2O4/c1-2-3-4-5-6-7-8-9-10-11-12-13-14-15-16-17-20(21-18-23)22-19-24;1-6(10)9(12)15-8-4-2-7(3-5-8)11(13)14/h20H,2-17H2,1H3;2-6H,10H2,1H3/t;6-/m.0/s1. The molecule has 39 heavy (non-hydrogen) atoms. The third-order valence-corrected chi connectivity index (χ3v) is 6.11. The molecule has 0 bridgehead atoms. The second-order valence-electron chi connectivity index (χ2n) is 9.62. The number of ether oxygens (including phenoxy) is 1. The number of unbranched alkanes of at least 4 members (excludes halogenated alkanes) is 14. The van der Waals surface area contributed by atoms with E-state index in [1.165, 1.54) is 127 Å². The van der Waals surface area contributed by atoms with Gasteiger partial charge in [0.1, 0.15) is 11.8 Å². The Labute approximate surface area is 232 Å². The molecule has 1 aromatic carbocycles. The van der Waals surface area contributed by atoms with Crippen molar-refractivity contribution < 1.29 is 24.0 Å². The van der Waals surface area contributed by atoms with Gasteiger partial charge in [-0.2, -0.15) is 9.98 Å². The van der Waals surface area contributed by atoms with E-state index < -0.39 is 23.1 Å². The molecule has 0 saturated heterocycles. The molecule has 0 unspecified atom stereocenters. The third kappa shape index (κ3) is 21.4. The number of nitrogens with zero attached hydrogens (tertiary/aromatic N) is 3. The zero-order valence-electron chi connectivity index (χ0n) is 23.6. The Morgan fingerprint density at radius 2 is 1.26 bits per heavy atom. The van der Waals surface area contributed by atoms with Crippen LogP contribution >= 0.6 is 0 Å². The van der Waals surface area contributed by atoms with E-state index in [9.17, 15) is 24.5 Å². The number of isocyanates is 2. The Kier molecular flexibility index (Phi) is 23.1. The molecule has 0 fully saturated rings. The van der Waals surface area contributed by atoms with Gasteiger partial charge in [-0.3, -0.25) is 10.1 Å². The summed E-state index contributed by atoms with van der Waals surface area (Å²) in [6.07, 6.45) is 22.8. The number of esters is 1. The minimum atomic E-state index is -0.722. The summed E-state index contributed by atoms with van der Waals surface area (Å²) in [5, 5.41) is 10.3. The Morgan fingerprint density at radius 3 is 1.62 bits per heavy atom. The highest BCUT2D eigenvalue weighted by Crippen LogP contribution is 2.17. The number of hydrogen-bond acceptors (Lipinski definition) is 9. The van der Waals surface area contributed by atoms with Gasteiger partial charge >= 0.3 is 5.97 Å². The van der Waals surface area contributed by atoms with Gasteiger partial charge in [-0.05, 0) is 31.9 Å². The molecule has 0 aromatic heterocycles. The van der Waals surface area contributed by atoms with Crippen molar-refractivity contribution in [1.29, 1.82) is 0 Å². The topological polar surface area (TPSA) is 154 Å². The fourth-order valence-corrected chi connectivity index (χ4v) is 3.82. The van der Waals surface area contributed by atoms with Gasteiger partial charge in [0.2, 0.25) is 12.2 Å². The lowest BCUT2D eigenvalue weighted by Crippen LogP contribution is -2.30. The third-order valence-electron chi connectivity index (χ3n) is 6.11. The van der Waals surface area contributed by atoms with Gasteiger partial charge < -0.3 is 10.5 Å². The maximum atomic E-state index is 11.0. The van der Waals surface area contributed by atoms with Crippen LogP contribution < -0.4 is 10.5 Å². The summed E-state index contributed by atoms with van der Waals surface area (Å²) in [6, 6.07) is 4.48. The molecule has 0 spiro atoms. The van der Waals surface area contributed by atoms with Crippen LogP contribution in [0.4, 0.5) is 5.69 Å². The molecule has 0 radical (unpaired) electrons. The molecule has 10 nitrogen and oxygen atoms in total. The number of carbonyl (C=O) groups is 1. The molecule has 2 N–H and O–H groups in total. The van der Waals surface area contributed by atoms with Gasteiger partial charge in [-0.25, -0.2) is 14.4 Å². The van der Waals surface area contributed by atoms with Crippen LogP contribution in [0.2, 0.25) is 0 Å². The van der Waals surface area contributed by atoms with Crippen molar-refractivity contribution in [3.63, 3.8) is 0 Å². The first-order valence-electron chi connectivity index (χ1n) is 14.2. The zero-order chi connectivity index (χ0) is 29.1. The lowest BCUT2D eigenvalue weighted by atomic mass is 10.0. The molecule has 0 heterocycles. The van der Waals surface area contributed by atoms with Crippen molar-refractivity contribution in [3.8, 4) is 5.75 Å². The Morgan fingerprint density at radius 1 is 0.846 bits per heavy atom. The van der Waals surface area contributed by atoms with Crippen molar-refractivity contribution in [1.82, 2.24) is 0 Å². The van der Waals surface area contributed by atoms with E-state index in [2.05, 4.69) is 16.9 Å². The number of rotatable bonds is 21. The SMILES string of the molecule is CCCCCCCCCCCCCCCCCC(N=C=O)N=C=O.C[C@H](N)C(=O)Oc1ccc([N+](=O)[O-])cc1. The Bertz CT molecular complexity index is 860. The van der Waals surface area contributed by atoms with Crippen LogP contribution in [-0.4, -0.2) is 35.3 Å². The first-order valence-corrected chi connectivity index (χ1v) is 14.2. The molecule has 0 aliphatic carbocycles. The molecular weight excluding hydrogens is 500 g/mol. The number of carbonyl (C=O) groups excluding carboxylic acids is 3. The molecule has 0 aliphatic rings. The summed E-state index contributed by atoms with van der Waals surface area (Å²) in [5.41, 5.74) is 5.22. The summed E-state index contributed by atoms with van der Waals surface area (Å²) in [6.45, 7) is 3.76. The van der Waals surface area contributed by atoms with E-state index in [0.717, 1.165) is 12.8 Å². The highest BCUT2D eigenvalue weighted by atomic mass is 16.6. The quantitative estimate of drug-likeness (QED) is 0.0328. The fourth-order valence-electron chi connectivity index (χ4n) is 3.82. The molecule has 218 valence electrons. The molecule has 0 saturated carbocycles. The number of nitrogens with two attached hydrogens (primary N) is 1. The van der Waals surface area contributed by atoms with Crippen LogP contribution in [0.25, 0.3) is 0 Å². The highest BCUT2D eigenvalue weighted by molar-refractivity contribution is 5.77. The maximum Gasteiger partial charge on any atom is 0.328 e. The van der Waals surface area contributed by atoms with Crippen LogP contribution in [0.3, 0.4) is 0 Å². The minimum Gasteiger partial charge on any atom is -0.425 e. The van der Waals surface area contributed by atoms with Gasteiger partial charge in [0.25, 0.3) is 5.69 Å². The first-order chi connectivity index (χ1) is 18.8. The number of hydrogen-bond donors (Lipinski definition) is 1. The predicted molar refractivity (Wildman–Crippen MR) is 152 cm³/mol. The fraction of sp³-hybridized carbons (Fsp3) is 0.690. The monoisotopic (exact) mass is 546 g/mol. The summed E-state index contributed by atoms with van der Waals surface area (Å²) < 4.78 is 4.82. The van der Waals surface area contributed by atoms with E-state index in [0.29, 0.717) is 6.42 Å². The predicted octanol–water partition coefficient (Wildman–Crippen LogP) is 7.09. The van der Waals surface area contributed by atoms with Gasteiger partial charge in [0.15, 0.2) is 6.17 Å². The molecule has 1 rings (SSSR count). The van der Waals surface area contributed by atoms with Gasteiger partial charge in [0, 0.05) is 12.1 Å². The lowest BCUT2D eigenvalue weighted by molar-refractivity contribution is -0.384. The highest BCUT2D eigenvalue weighted by Gasteiger charge is 2.11. The van der Waals surface area contributed by atoms with E-state index in [1.54, 1.807) is 0 Å². The maximum absolute atomic E-state index is 11.0. The van der Waals surface area contributed by atoms with Crippen LogP contribution in [-0.2, 0) is 14.4 Å². The number of non-ortho nitro benzene ring substituents is 1. The minimum absolute atomic E-state index is 0.0596. The summed E-state index contributed by atoms with van der Waals surface area (Å²) in [7, 11) is 0. The van der Waals surface area contributed by atoms with Crippen LogP contribution in [0.1, 0.15) is 117 Å². The number of benzene rings is 1. The second-order valence-corrected chi connectivity index (χ2v) is 9.62. The smallest absolute Gasteiger partial charge is 0.328 e. The second kappa shape index (κ2) is 25.1. The van der Waals surface area contributed by atoms with Crippen molar-refractivity contribution in [3.05, 3.63) is 34.4 Å². The number of nitro benzene ring substituents is 1. The summed E-state index contributed by atoms with van der Waals surface area (Å²) in [4.78, 5) is 48.1. The van der Waals surface area contributed by atoms with Gasteiger partial charge in [-0.1, -0.05) is 96.8 Å². The van der Waals surface area contributed by atoms with Gasteiger partial charge in [0.05, 0.1) is 4.92 Å². The van der Waals surface area contributed by atoms with E-state index in [1.807, 2.05) is 0 Å². The van der Waals surface area contributed by atoms with Crippen molar-refractivity contribution in [2.45, 2.75) is 129 Å². The van der Waals surface area contributed by atoms with Gasteiger partial charge in [-0.15, -0.1) is 0 Å². The van der Waals surface area contributed by atoms with Crippen LogP contribution in [0, 0.1) is 10.1 Å². The molecular formula is C29H46N4O6. The number of aliphatic imine (C=N–C) groups is 2. The van der Waals surface area contributed by atoms with E-state index in [-0.39, 0.29) is 11.4 Å². The zero-order valence-corrected chi connectivity index (χ0v) is 23.6. The van der Waals surface area contributed by atoms with Crippen LogP contribution in [0.15, 0.2) is 34.3 Å². The van der Waals surface area contributed by atoms with E-state index >= 15 is 0 Å². The Hall–Kier alpha value is -3.19. The van der Waals surface area contributed by atoms with E-state index in [4.69, 9.17) is 10.5 Å². The molecule has 1 aromatic rings. The number of nitro groups is 1. The average molecular weight is 547 g/mol. The van der Waals surface area contributed by atoms with Crippen LogP contribution in [0.5, 0.6) is 5.75 Å². The Balaban J connectivity index is 0.000000820. The molecule has 0 aliphatic heterocycles.